The third kappa shape index (κ3) is 0.813. The summed E-state index contributed by atoms with van der Waals surface area (Å²) in [4.78, 5) is 13.1. The number of carbonyl (C=O) groups excluding carboxylic acids is 1. The van der Waals surface area contributed by atoms with Crippen molar-refractivity contribution in [2.24, 2.45) is 0 Å². The first-order valence-corrected chi connectivity index (χ1v) is 4.39. The van der Waals surface area contributed by atoms with Gasteiger partial charge in [0.25, 0.3) is 0 Å². The van der Waals surface area contributed by atoms with Gasteiger partial charge in [-0.1, -0.05) is 18.2 Å². The minimum atomic E-state index is -0.199. The Morgan fingerprint density at radius 1 is 1.54 bits per heavy atom. The summed E-state index contributed by atoms with van der Waals surface area (Å²) >= 11 is 0. The SMILES string of the molecule is O=C1OCC2=CC3=CC=CCC3N12. The molecule has 3 aliphatic rings. The molecule has 1 amide bonds. The summed E-state index contributed by atoms with van der Waals surface area (Å²) in [6.07, 6.45) is 8.94. The summed E-state index contributed by atoms with van der Waals surface area (Å²) in [6, 6.07) is 0.204. The van der Waals surface area contributed by atoms with E-state index in [9.17, 15) is 4.79 Å². The van der Waals surface area contributed by atoms with Crippen LogP contribution in [0, 0.1) is 0 Å². The Labute approximate surface area is 76.0 Å². The lowest BCUT2D eigenvalue weighted by Gasteiger charge is -2.21. The lowest BCUT2D eigenvalue weighted by atomic mass is 10.0. The van der Waals surface area contributed by atoms with Crippen LogP contribution in [0.4, 0.5) is 4.79 Å². The van der Waals surface area contributed by atoms with Gasteiger partial charge in [0.05, 0.1) is 11.7 Å². The summed E-state index contributed by atoms with van der Waals surface area (Å²) in [5, 5.41) is 0. The number of fused-ring (bicyclic) bond motifs is 3. The van der Waals surface area contributed by atoms with E-state index in [0.29, 0.717) is 6.61 Å². The molecule has 13 heavy (non-hydrogen) atoms. The third-order valence-electron chi connectivity index (χ3n) is 2.66. The molecule has 3 nitrogen and oxygen atoms in total. The quantitative estimate of drug-likeness (QED) is 0.559. The van der Waals surface area contributed by atoms with E-state index in [0.717, 1.165) is 12.1 Å². The van der Waals surface area contributed by atoms with Crippen molar-refractivity contribution in [1.29, 1.82) is 0 Å². The molecule has 3 heteroatoms. The van der Waals surface area contributed by atoms with Crippen LogP contribution in [-0.4, -0.2) is 23.6 Å². The van der Waals surface area contributed by atoms with E-state index in [1.165, 1.54) is 5.57 Å². The van der Waals surface area contributed by atoms with E-state index >= 15 is 0 Å². The van der Waals surface area contributed by atoms with Crippen LogP contribution in [0.15, 0.2) is 35.6 Å². The molecule has 0 N–H and O–H groups in total. The van der Waals surface area contributed by atoms with Crippen molar-refractivity contribution in [3.05, 3.63) is 35.6 Å². The van der Waals surface area contributed by atoms with Crippen LogP contribution < -0.4 is 0 Å². The second-order valence-corrected chi connectivity index (χ2v) is 3.41. The summed E-state index contributed by atoms with van der Waals surface area (Å²) in [7, 11) is 0. The smallest absolute Gasteiger partial charge is 0.415 e. The molecule has 1 unspecified atom stereocenters. The van der Waals surface area contributed by atoms with Gasteiger partial charge in [-0.25, -0.2) is 4.79 Å². The van der Waals surface area contributed by atoms with Gasteiger partial charge in [-0.05, 0) is 18.1 Å². The molecule has 0 aromatic rings. The molecule has 1 aliphatic carbocycles. The highest BCUT2D eigenvalue weighted by Gasteiger charge is 2.39. The van der Waals surface area contributed by atoms with Gasteiger partial charge in [-0.3, -0.25) is 4.90 Å². The average Bonchev–Trinajstić information content (AvgIpc) is 2.66. The van der Waals surface area contributed by atoms with Gasteiger partial charge in [0.15, 0.2) is 0 Å². The fraction of sp³-hybridized carbons (Fsp3) is 0.300. The van der Waals surface area contributed by atoms with Crippen molar-refractivity contribution < 1.29 is 9.53 Å². The molecular formula is C10H9NO2. The molecule has 1 saturated heterocycles. The third-order valence-corrected chi connectivity index (χ3v) is 2.66. The van der Waals surface area contributed by atoms with Gasteiger partial charge in [0.2, 0.25) is 0 Å². The molecule has 0 saturated carbocycles. The first kappa shape index (κ1) is 6.95. The average molecular weight is 175 g/mol. The Kier molecular flexibility index (Phi) is 1.20. The molecule has 1 atom stereocenters. The monoisotopic (exact) mass is 175 g/mol. The minimum absolute atomic E-state index is 0.199. The molecule has 2 heterocycles. The first-order valence-electron chi connectivity index (χ1n) is 4.39. The van der Waals surface area contributed by atoms with Crippen LogP contribution in [-0.2, 0) is 4.74 Å². The zero-order chi connectivity index (χ0) is 8.84. The van der Waals surface area contributed by atoms with E-state index in [-0.39, 0.29) is 12.1 Å². The van der Waals surface area contributed by atoms with Crippen molar-refractivity contribution >= 4 is 6.09 Å². The topological polar surface area (TPSA) is 29.5 Å². The van der Waals surface area contributed by atoms with Crippen molar-refractivity contribution in [3.63, 3.8) is 0 Å². The Balaban J connectivity index is 2.05. The van der Waals surface area contributed by atoms with Gasteiger partial charge in [-0.2, -0.15) is 0 Å². The van der Waals surface area contributed by atoms with Crippen LogP contribution in [0.25, 0.3) is 0 Å². The maximum Gasteiger partial charge on any atom is 0.415 e. The largest absolute Gasteiger partial charge is 0.443 e. The molecule has 2 aliphatic heterocycles. The van der Waals surface area contributed by atoms with Crippen molar-refractivity contribution in [2.45, 2.75) is 12.5 Å². The van der Waals surface area contributed by atoms with Gasteiger partial charge in [0, 0.05) is 0 Å². The normalized spacial score (nSPS) is 29.4. The van der Waals surface area contributed by atoms with E-state index in [4.69, 9.17) is 4.74 Å². The highest BCUT2D eigenvalue weighted by atomic mass is 16.6. The van der Waals surface area contributed by atoms with Crippen LogP contribution in [0.3, 0.4) is 0 Å². The summed E-state index contributed by atoms with van der Waals surface area (Å²) < 4.78 is 4.94. The molecule has 0 radical (unpaired) electrons. The lowest BCUT2D eigenvalue weighted by Crippen LogP contribution is -2.32. The highest BCUT2D eigenvalue weighted by Crippen LogP contribution is 2.35. The Bertz CT molecular complexity index is 365. The summed E-state index contributed by atoms with van der Waals surface area (Å²) in [6.45, 7) is 0.437. The molecule has 0 bridgehead atoms. The fourth-order valence-corrected chi connectivity index (χ4v) is 2.06. The van der Waals surface area contributed by atoms with E-state index in [1.807, 2.05) is 6.08 Å². The highest BCUT2D eigenvalue weighted by molar-refractivity contribution is 5.76. The predicted molar refractivity (Wildman–Crippen MR) is 46.9 cm³/mol. The standard InChI is InChI=1S/C10H9NO2/c12-10-11-8(6-13-10)5-7-3-1-2-4-9(7)11/h1-3,5,9H,4,6H2. The van der Waals surface area contributed by atoms with Gasteiger partial charge in [-0.15, -0.1) is 0 Å². The molecular weight excluding hydrogens is 166 g/mol. The van der Waals surface area contributed by atoms with Crippen molar-refractivity contribution in [1.82, 2.24) is 4.90 Å². The first-order chi connectivity index (χ1) is 6.36. The number of ether oxygens (including phenoxy) is 1. The Morgan fingerprint density at radius 2 is 2.46 bits per heavy atom. The molecule has 1 fully saturated rings. The fourth-order valence-electron chi connectivity index (χ4n) is 2.06. The number of cyclic esters (lactones) is 1. The number of hydrogen-bond donors (Lipinski definition) is 0. The summed E-state index contributed by atoms with van der Waals surface area (Å²) in [5.74, 6) is 0. The number of rotatable bonds is 0. The Morgan fingerprint density at radius 3 is 3.38 bits per heavy atom. The number of nitrogens with zero attached hydrogens (tertiary/aromatic N) is 1. The molecule has 0 aromatic carbocycles. The van der Waals surface area contributed by atoms with Crippen LogP contribution in [0.2, 0.25) is 0 Å². The number of allylic oxidation sites excluding steroid dienone is 2. The number of hydrogen-bond acceptors (Lipinski definition) is 2. The second-order valence-electron chi connectivity index (χ2n) is 3.41. The second kappa shape index (κ2) is 2.25. The van der Waals surface area contributed by atoms with Gasteiger partial charge < -0.3 is 4.74 Å². The number of carbonyl (C=O) groups is 1. The zero-order valence-electron chi connectivity index (χ0n) is 7.06. The minimum Gasteiger partial charge on any atom is -0.443 e. The maximum absolute atomic E-state index is 11.3. The summed E-state index contributed by atoms with van der Waals surface area (Å²) in [5.41, 5.74) is 2.24. The van der Waals surface area contributed by atoms with Crippen LogP contribution >= 0.6 is 0 Å². The van der Waals surface area contributed by atoms with Gasteiger partial charge in [0.1, 0.15) is 6.61 Å². The van der Waals surface area contributed by atoms with Crippen LogP contribution in [0.5, 0.6) is 0 Å². The van der Waals surface area contributed by atoms with E-state index < -0.39 is 0 Å². The molecule has 66 valence electrons. The molecule has 0 aromatic heterocycles. The van der Waals surface area contributed by atoms with Crippen molar-refractivity contribution in [2.75, 3.05) is 6.61 Å². The van der Waals surface area contributed by atoms with Crippen LogP contribution in [0.1, 0.15) is 6.42 Å². The lowest BCUT2D eigenvalue weighted by molar-refractivity contribution is 0.154. The molecule has 3 rings (SSSR count). The van der Waals surface area contributed by atoms with Gasteiger partial charge >= 0.3 is 6.09 Å². The van der Waals surface area contributed by atoms with E-state index in [1.54, 1.807) is 4.90 Å². The zero-order valence-corrected chi connectivity index (χ0v) is 7.06. The Hall–Kier alpha value is -1.51. The van der Waals surface area contributed by atoms with Crippen molar-refractivity contribution in [3.8, 4) is 0 Å². The maximum atomic E-state index is 11.3. The van der Waals surface area contributed by atoms with E-state index in [2.05, 4.69) is 18.2 Å². The number of amides is 1. The molecule has 0 spiro atoms. The predicted octanol–water partition coefficient (Wildman–Crippen LogP) is 1.59.